The van der Waals surface area contributed by atoms with Crippen molar-refractivity contribution in [3.8, 4) is 22.6 Å². The summed E-state index contributed by atoms with van der Waals surface area (Å²) in [5, 5.41) is 0. The summed E-state index contributed by atoms with van der Waals surface area (Å²) in [5.41, 5.74) is 11.3. The van der Waals surface area contributed by atoms with Crippen molar-refractivity contribution in [1.29, 1.82) is 0 Å². The zero-order valence-corrected chi connectivity index (χ0v) is 22.6. The van der Waals surface area contributed by atoms with Crippen molar-refractivity contribution >= 4 is 11.7 Å². The molecule has 200 valence electrons. The molecule has 8 nitrogen and oxygen atoms in total. The molecule has 0 bridgehead atoms. The van der Waals surface area contributed by atoms with E-state index in [2.05, 4.69) is 14.9 Å². The number of ether oxygens (including phenoxy) is 2. The number of nitrogen functional groups attached to an aromatic ring is 1. The highest BCUT2D eigenvalue weighted by Crippen LogP contribution is 2.30. The Morgan fingerprint density at radius 2 is 1.71 bits per heavy atom. The standard InChI is InChI=1S/C30H37N5O3/c1-20-17-32-26(21(2)28(20)37-3)19-38-27-16-24(18-33-29(27)31)22-6-8-23(9-7-22)30(36)35-14-10-25(11-15-35)34-12-4-5-13-34/h6-9,16-18,25H,4-5,10-15,19H2,1-3H3,(H2,31,33). The molecular formula is C30H37N5O3. The van der Waals surface area contributed by atoms with Crippen LogP contribution in [-0.2, 0) is 6.61 Å². The van der Waals surface area contributed by atoms with E-state index >= 15 is 0 Å². The third-order valence-electron chi connectivity index (χ3n) is 7.87. The molecule has 1 aromatic carbocycles. The maximum Gasteiger partial charge on any atom is 0.253 e. The lowest BCUT2D eigenvalue weighted by Gasteiger charge is -2.36. The number of nitrogens with two attached hydrogens (primary N) is 1. The van der Waals surface area contributed by atoms with Gasteiger partial charge in [-0.3, -0.25) is 9.78 Å². The summed E-state index contributed by atoms with van der Waals surface area (Å²) in [5.74, 6) is 1.72. The lowest BCUT2D eigenvalue weighted by molar-refractivity contribution is 0.0644. The van der Waals surface area contributed by atoms with Crippen LogP contribution < -0.4 is 15.2 Å². The number of benzene rings is 1. The molecule has 0 atom stereocenters. The third-order valence-corrected chi connectivity index (χ3v) is 7.87. The molecule has 2 aliphatic rings. The average molecular weight is 516 g/mol. The van der Waals surface area contributed by atoms with Gasteiger partial charge in [-0.05, 0) is 76.4 Å². The topological polar surface area (TPSA) is 93.8 Å². The molecule has 3 aromatic rings. The first-order chi connectivity index (χ1) is 18.4. The number of pyridine rings is 2. The molecule has 0 unspecified atom stereocenters. The van der Waals surface area contributed by atoms with Crippen molar-refractivity contribution in [3.63, 3.8) is 0 Å². The van der Waals surface area contributed by atoms with Crippen LogP contribution in [-0.4, -0.2) is 65.0 Å². The highest BCUT2D eigenvalue weighted by Gasteiger charge is 2.28. The third kappa shape index (κ3) is 5.45. The van der Waals surface area contributed by atoms with E-state index in [1.165, 1.54) is 25.9 Å². The Balaban J connectivity index is 1.23. The van der Waals surface area contributed by atoms with Gasteiger partial charge in [0.25, 0.3) is 5.91 Å². The number of methoxy groups -OCH3 is 1. The predicted octanol–water partition coefficient (Wildman–Crippen LogP) is 4.63. The Hall–Kier alpha value is -3.65. The molecule has 2 aliphatic heterocycles. The summed E-state index contributed by atoms with van der Waals surface area (Å²) in [6.45, 7) is 8.25. The number of likely N-dealkylation sites (tertiary alicyclic amines) is 2. The molecule has 0 aliphatic carbocycles. The Morgan fingerprint density at radius 3 is 2.39 bits per heavy atom. The van der Waals surface area contributed by atoms with Gasteiger partial charge in [-0.2, -0.15) is 0 Å². The van der Waals surface area contributed by atoms with E-state index in [9.17, 15) is 4.79 Å². The van der Waals surface area contributed by atoms with Crippen molar-refractivity contribution < 1.29 is 14.3 Å². The molecule has 1 amide bonds. The van der Waals surface area contributed by atoms with E-state index in [0.717, 1.165) is 59.6 Å². The molecule has 0 saturated carbocycles. The average Bonchev–Trinajstić information content (AvgIpc) is 3.49. The fraction of sp³-hybridized carbons (Fsp3) is 0.433. The van der Waals surface area contributed by atoms with Gasteiger partial charge in [0.2, 0.25) is 0 Å². The number of rotatable bonds is 7. The number of amides is 1. The van der Waals surface area contributed by atoms with E-state index in [1.807, 2.05) is 49.1 Å². The number of piperidine rings is 1. The number of aryl methyl sites for hydroxylation is 1. The fourth-order valence-electron chi connectivity index (χ4n) is 5.62. The lowest BCUT2D eigenvalue weighted by atomic mass is 10.0. The zero-order chi connectivity index (χ0) is 26.6. The first-order valence-corrected chi connectivity index (χ1v) is 13.5. The van der Waals surface area contributed by atoms with Crippen LogP contribution in [0.1, 0.15) is 52.9 Å². The monoisotopic (exact) mass is 515 g/mol. The van der Waals surface area contributed by atoms with Gasteiger partial charge >= 0.3 is 0 Å². The number of aromatic nitrogens is 2. The van der Waals surface area contributed by atoms with E-state index in [-0.39, 0.29) is 12.5 Å². The second-order valence-electron chi connectivity index (χ2n) is 10.3. The number of anilines is 1. The normalized spacial score (nSPS) is 16.6. The molecule has 2 fully saturated rings. The van der Waals surface area contributed by atoms with Gasteiger partial charge in [0.15, 0.2) is 11.6 Å². The number of nitrogens with zero attached hydrogens (tertiary/aromatic N) is 4. The van der Waals surface area contributed by atoms with Gasteiger partial charge in [0.1, 0.15) is 12.4 Å². The van der Waals surface area contributed by atoms with Gasteiger partial charge in [-0.15, -0.1) is 0 Å². The maximum absolute atomic E-state index is 13.1. The summed E-state index contributed by atoms with van der Waals surface area (Å²) in [6.07, 6.45) is 8.24. The first kappa shape index (κ1) is 26.0. The molecule has 0 radical (unpaired) electrons. The van der Waals surface area contributed by atoms with Crippen LogP contribution >= 0.6 is 0 Å². The highest BCUT2D eigenvalue weighted by atomic mass is 16.5. The molecule has 2 saturated heterocycles. The summed E-state index contributed by atoms with van der Waals surface area (Å²) in [4.78, 5) is 26.6. The van der Waals surface area contributed by atoms with Gasteiger partial charge < -0.3 is 25.0 Å². The van der Waals surface area contributed by atoms with Crippen molar-refractivity contribution in [2.75, 3.05) is 39.0 Å². The van der Waals surface area contributed by atoms with Crippen LogP contribution in [0.2, 0.25) is 0 Å². The number of hydrogen-bond acceptors (Lipinski definition) is 7. The van der Waals surface area contributed by atoms with Gasteiger partial charge in [-0.25, -0.2) is 4.98 Å². The van der Waals surface area contributed by atoms with Crippen LogP contribution in [0.25, 0.3) is 11.1 Å². The Kier molecular flexibility index (Phi) is 7.79. The predicted molar refractivity (Wildman–Crippen MR) is 148 cm³/mol. The van der Waals surface area contributed by atoms with E-state index in [4.69, 9.17) is 15.2 Å². The molecule has 0 spiro atoms. The molecule has 2 N–H and O–H groups in total. The molecule has 2 aromatic heterocycles. The Labute approximate surface area is 224 Å². The SMILES string of the molecule is COc1c(C)cnc(COc2cc(-c3ccc(C(=O)N4CCC(N5CCCC5)CC4)cc3)cnc2N)c1C. The van der Waals surface area contributed by atoms with Crippen LogP contribution in [0.5, 0.6) is 11.5 Å². The highest BCUT2D eigenvalue weighted by molar-refractivity contribution is 5.94. The van der Waals surface area contributed by atoms with Crippen LogP contribution in [0, 0.1) is 13.8 Å². The van der Waals surface area contributed by atoms with Crippen molar-refractivity contribution in [2.24, 2.45) is 0 Å². The molecule has 5 rings (SSSR count). The smallest absolute Gasteiger partial charge is 0.253 e. The number of carbonyl (C=O) groups is 1. The van der Waals surface area contributed by atoms with Gasteiger partial charge in [0, 0.05) is 53.8 Å². The van der Waals surface area contributed by atoms with E-state index < -0.39 is 0 Å². The summed E-state index contributed by atoms with van der Waals surface area (Å²) < 4.78 is 11.5. The summed E-state index contributed by atoms with van der Waals surface area (Å²) in [6, 6.07) is 10.2. The maximum atomic E-state index is 13.1. The zero-order valence-electron chi connectivity index (χ0n) is 22.6. The minimum Gasteiger partial charge on any atom is -0.496 e. The quantitative estimate of drug-likeness (QED) is 0.490. The van der Waals surface area contributed by atoms with Crippen molar-refractivity contribution in [3.05, 3.63) is 65.1 Å². The van der Waals surface area contributed by atoms with Crippen molar-refractivity contribution in [2.45, 2.75) is 52.2 Å². The lowest BCUT2D eigenvalue weighted by Crippen LogP contribution is -2.45. The minimum absolute atomic E-state index is 0.104. The Morgan fingerprint density at radius 1 is 1.00 bits per heavy atom. The second kappa shape index (κ2) is 11.4. The molecule has 8 heteroatoms. The number of hydrogen-bond donors (Lipinski definition) is 1. The summed E-state index contributed by atoms with van der Waals surface area (Å²) >= 11 is 0. The summed E-state index contributed by atoms with van der Waals surface area (Å²) in [7, 11) is 1.65. The van der Waals surface area contributed by atoms with Gasteiger partial charge in [0.05, 0.1) is 12.8 Å². The molecule has 4 heterocycles. The van der Waals surface area contributed by atoms with Gasteiger partial charge in [-0.1, -0.05) is 12.1 Å². The van der Waals surface area contributed by atoms with Crippen LogP contribution in [0.4, 0.5) is 5.82 Å². The van der Waals surface area contributed by atoms with Crippen molar-refractivity contribution in [1.82, 2.24) is 19.8 Å². The van der Waals surface area contributed by atoms with E-state index in [0.29, 0.717) is 23.2 Å². The molecular weight excluding hydrogens is 478 g/mol. The molecule has 38 heavy (non-hydrogen) atoms. The second-order valence-corrected chi connectivity index (χ2v) is 10.3. The number of carbonyl (C=O) groups excluding carboxylic acids is 1. The van der Waals surface area contributed by atoms with E-state index in [1.54, 1.807) is 19.5 Å². The largest absolute Gasteiger partial charge is 0.496 e. The first-order valence-electron chi connectivity index (χ1n) is 13.5. The van der Waals surface area contributed by atoms with Crippen LogP contribution in [0.15, 0.2) is 42.7 Å². The van der Waals surface area contributed by atoms with Crippen LogP contribution in [0.3, 0.4) is 0 Å². The fourth-order valence-corrected chi connectivity index (χ4v) is 5.62. The Bertz CT molecular complexity index is 1280. The minimum atomic E-state index is 0.104.